The first kappa shape index (κ1) is 22.5. The number of anilines is 1. The highest BCUT2D eigenvalue weighted by Gasteiger charge is 2.10. The lowest BCUT2D eigenvalue weighted by atomic mass is 10.0. The highest BCUT2D eigenvalue weighted by molar-refractivity contribution is 5.97. The molecule has 1 aromatic rings. The third-order valence-corrected chi connectivity index (χ3v) is 3.45. The molecule has 0 fully saturated rings. The van der Waals surface area contributed by atoms with Crippen molar-refractivity contribution in [2.24, 2.45) is 5.92 Å². The first-order valence-electron chi connectivity index (χ1n) is 9.20. The molecule has 0 amide bonds. The summed E-state index contributed by atoms with van der Waals surface area (Å²) >= 11 is 0. The zero-order valence-electron chi connectivity index (χ0n) is 16.2. The van der Waals surface area contributed by atoms with Crippen LogP contribution in [-0.4, -0.2) is 70.2 Å². The fraction of sp³-hybridized carbons (Fsp3) is 0.684. The Morgan fingerprint density at radius 1 is 0.962 bits per heavy atom. The Bertz CT molecular complexity index is 479. The van der Waals surface area contributed by atoms with Gasteiger partial charge < -0.3 is 24.3 Å². The Morgan fingerprint density at radius 3 is 2.04 bits per heavy atom. The number of rotatable bonds is 16. The summed E-state index contributed by atoms with van der Waals surface area (Å²) in [6.45, 7) is 11.1. The number of nitrogens with zero attached hydrogens (tertiary/aromatic N) is 1. The van der Waals surface area contributed by atoms with Crippen molar-refractivity contribution >= 4 is 11.6 Å². The van der Waals surface area contributed by atoms with Crippen molar-refractivity contribution in [1.82, 2.24) is 4.98 Å². The molecular formula is C19H32N2O5. The van der Waals surface area contributed by atoms with Crippen molar-refractivity contribution in [3.05, 3.63) is 23.9 Å². The lowest BCUT2D eigenvalue weighted by molar-refractivity contribution is 0.000609. The van der Waals surface area contributed by atoms with Crippen LogP contribution in [0.25, 0.3) is 0 Å². The Balaban J connectivity index is 1.95. The van der Waals surface area contributed by atoms with Crippen LogP contribution in [0.15, 0.2) is 18.3 Å². The third kappa shape index (κ3) is 10.5. The summed E-state index contributed by atoms with van der Waals surface area (Å²) < 4.78 is 21.4. The Kier molecular flexibility index (Phi) is 12.6. The largest absolute Gasteiger partial charge is 0.379 e. The number of aromatic nitrogens is 1. The van der Waals surface area contributed by atoms with E-state index in [1.807, 2.05) is 26.8 Å². The summed E-state index contributed by atoms with van der Waals surface area (Å²) in [5.41, 5.74) is 0.640. The second-order valence-electron chi connectivity index (χ2n) is 5.91. The Hall–Kier alpha value is -1.54. The minimum absolute atomic E-state index is 0.0205. The lowest BCUT2D eigenvalue weighted by Gasteiger charge is -2.09. The van der Waals surface area contributed by atoms with Crippen LogP contribution in [0, 0.1) is 5.92 Å². The van der Waals surface area contributed by atoms with Crippen molar-refractivity contribution < 1.29 is 23.7 Å². The minimum atomic E-state index is -0.0205. The van der Waals surface area contributed by atoms with Gasteiger partial charge in [0.1, 0.15) is 5.82 Å². The van der Waals surface area contributed by atoms with E-state index < -0.39 is 0 Å². The minimum Gasteiger partial charge on any atom is -0.379 e. The van der Waals surface area contributed by atoms with Crippen LogP contribution >= 0.6 is 0 Å². The van der Waals surface area contributed by atoms with E-state index in [0.29, 0.717) is 65.0 Å². The van der Waals surface area contributed by atoms with Crippen molar-refractivity contribution in [2.75, 3.05) is 64.7 Å². The van der Waals surface area contributed by atoms with E-state index in [2.05, 4.69) is 10.3 Å². The molecule has 0 atom stereocenters. The molecule has 148 valence electrons. The quantitative estimate of drug-likeness (QED) is 0.354. The summed E-state index contributed by atoms with van der Waals surface area (Å²) in [4.78, 5) is 16.1. The third-order valence-electron chi connectivity index (χ3n) is 3.45. The number of pyridine rings is 1. The van der Waals surface area contributed by atoms with Gasteiger partial charge in [0.15, 0.2) is 5.78 Å². The fourth-order valence-electron chi connectivity index (χ4n) is 2.03. The number of nitrogens with one attached hydrogen (secondary N) is 1. The van der Waals surface area contributed by atoms with E-state index in [1.54, 1.807) is 12.3 Å². The first-order valence-corrected chi connectivity index (χ1v) is 9.20. The molecule has 26 heavy (non-hydrogen) atoms. The molecule has 1 N–H and O–H groups in total. The summed E-state index contributed by atoms with van der Waals surface area (Å²) in [7, 11) is 0. The molecule has 1 heterocycles. The van der Waals surface area contributed by atoms with Gasteiger partial charge in [-0.25, -0.2) is 4.98 Å². The van der Waals surface area contributed by atoms with Gasteiger partial charge in [0.2, 0.25) is 0 Å². The van der Waals surface area contributed by atoms with Crippen LogP contribution in [0.3, 0.4) is 0 Å². The Morgan fingerprint density at radius 2 is 1.54 bits per heavy atom. The molecule has 0 saturated carbocycles. The summed E-state index contributed by atoms with van der Waals surface area (Å²) in [5.74, 6) is 0.814. The molecular weight excluding hydrogens is 336 g/mol. The SMILES string of the molecule is CCOCCOCCOCCOCCNc1ccc(C(=O)C(C)C)cn1. The number of hydrogen-bond donors (Lipinski definition) is 1. The average Bonchev–Trinajstić information content (AvgIpc) is 2.65. The van der Waals surface area contributed by atoms with Gasteiger partial charge in [-0.15, -0.1) is 0 Å². The number of carbonyl (C=O) groups is 1. The Labute approximate surface area is 156 Å². The molecule has 0 aliphatic rings. The maximum Gasteiger partial charge on any atom is 0.166 e. The van der Waals surface area contributed by atoms with Gasteiger partial charge in [-0.05, 0) is 19.1 Å². The van der Waals surface area contributed by atoms with E-state index in [0.717, 1.165) is 5.82 Å². The molecule has 7 nitrogen and oxygen atoms in total. The molecule has 0 aliphatic carbocycles. The standard InChI is InChI=1S/C19H32N2O5/c1-4-23-9-10-25-13-14-26-12-11-24-8-7-20-18-6-5-17(15-21-18)19(22)16(2)3/h5-6,15-16H,4,7-14H2,1-3H3,(H,20,21). The van der Waals surface area contributed by atoms with Gasteiger partial charge in [-0.1, -0.05) is 13.8 Å². The van der Waals surface area contributed by atoms with Crippen LogP contribution in [0.4, 0.5) is 5.82 Å². The molecule has 7 heteroatoms. The predicted molar refractivity (Wildman–Crippen MR) is 101 cm³/mol. The van der Waals surface area contributed by atoms with Crippen LogP contribution in [-0.2, 0) is 18.9 Å². The smallest absolute Gasteiger partial charge is 0.166 e. The van der Waals surface area contributed by atoms with Gasteiger partial charge in [0.05, 0.1) is 46.2 Å². The van der Waals surface area contributed by atoms with Gasteiger partial charge in [-0.3, -0.25) is 4.79 Å². The zero-order valence-corrected chi connectivity index (χ0v) is 16.2. The number of Topliss-reactive ketones (excluding diaryl/α,β-unsaturated/α-hetero) is 1. The van der Waals surface area contributed by atoms with E-state index in [4.69, 9.17) is 18.9 Å². The van der Waals surface area contributed by atoms with Gasteiger partial charge in [0, 0.05) is 30.8 Å². The van der Waals surface area contributed by atoms with Crippen molar-refractivity contribution in [3.63, 3.8) is 0 Å². The lowest BCUT2D eigenvalue weighted by Crippen LogP contribution is -2.15. The summed E-state index contributed by atoms with van der Waals surface area (Å²) in [6, 6.07) is 3.60. The zero-order chi connectivity index (χ0) is 19.0. The molecule has 0 bridgehead atoms. The normalized spacial score (nSPS) is 11.1. The monoisotopic (exact) mass is 368 g/mol. The van der Waals surface area contributed by atoms with E-state index in [1.165, 1.54) is 0 Å². The van der Waals surface area contributed by atoms with Crippen LogP contribution in [0.2, 0.25) is 0 Å². The van der Waals surface area contributed by atoms with Crippen LogP contribution in [0.5, 0.6) is 0 Å². The van der Waals surface area contributed by atoms with Gasteiger partial charge >= 0.3 is 0 Å². The second kappa shape index (κ2) is 14.6. The predicted octanol–water partition coefficient (Wildman–Crippen LogP) is 2.42. The average molecular weight is 368 g/mol. The van der Waals surface area contributed by atoms with Crippen molar-refractivity contribution in [1.29, 1.82) is 0 Å². The molecule has 0 unspecified atom stereocenters. The number of ketones is 1. The maximum absolute atomic E-state index is 11.8. The van der Waals surface area contributed by atoms with E-state index >= 15 is 0 Å². The molecule has 0 aliphatic heterocycles. The first-order chi connectivity index (χ1) is 12.6. The van der Waals surface area contributed by atoms with E-state index in [9.17, 15) is 4.79 Å². The highest BCUT2D eigenvalue weighted by Crippen LogP contribution is 2.09. The maximum atomic E-state index is 11.8. The summed E-state index contributed by atoms with van der Waals surface area (Å²) in [6.07, 6.45) is 1.61. The molecule has 1 aromatic heterocycles. The molecule has 0 spiro atoms. The summed E-state index contributed by atoms with van der Waals surface area (Å²) in [5, 5.41) is 3.16. The molecule has 0 aromatic carbocycles. The second-order valence-corrected chi connectivity index (χ2v) is 5.91. The van der Waals surface area contributed by atoms with Gasteiger partial charge in [0.25, 0.3) is 0 Å². The van der Waals surface area contributed by atoms with Crippen molar-refractivity contribution in [3.8, 4) is 0 Å². The van der Waals surface area contributed by atoms with Crippen LogP contribution in [0.1, 0.15) is 31.1 Å². The number of carbonyl (C=O) groups excluding carboxylic acids is 1. The molecule has 1 rings (SSSR count). The highest BCUT2D eigenvalue weighted by atomic mass is 16.6. The van der Waals surface area contributed by atoms with Gasteiger partial charge in [-0.2, -0.15) is 0 Å². The topological polar surface area (TPSA) is 78.9 Å². The number of hydrogen-bond acceptors (Lipinski definition) is 7. The van der Waals surface area contributed by atoms with E-state index in [-0.39, 0.29) is 11.7 Å². The van der Waals surface area contributed by atoms with Crippen molar-refractivity contribution in [2.45, 2.75) is 20.8 Å². The van der Waals surface area contributed by atoms with Crippen LogP contribution < -0.4 is 5.32 Å². The molecule has 0 saturated heterocycles. The fourth-order valence-corrected chi connectivity index (χ4v) is 2.03. The number of ether oxygens (including phenoxy) is 4. The molecule has 0 radical (unpaired) electrons.